The average Bonchev–Trinajstić information content (AvgIpc) is 3.24. The van der Waals surface area contributed by atoms with E-state index >= 15 is 0 Å². The maximum absolute atomic E-state index is 13.3. The van der Waals surface area contributed by atoms with Crippen LogP contribution in [0.3, 0.4) is 0 Å². The van der Waals surface area contributed by atoms with Crippen molar-refractivity contribution in [2.75, 3.05) is 0 Å². The van der Waals surface area contributed by atoms with Gasteiger partial charge in [0.15, 0.2) is 0 Å². The lowest BCUT2D eigenvalue weighted by Gasteiger charge is -2.22. The van der Waals surface area contributed by atoms with E-state index in [2.05, 4.69) is 20.4 Å². The summed E-state index contributed by atoms with van der Waals surface area (Å²) in [5, 5.41) is 7.29. The molecule has 0 saturated carbocycles. The Bertz CT molecular complexity index is 1270. The molecule has 8 heteroatoms. The van der Waals surface area contributed by atoms with Crippen molar-refractivity contribution >= 4 is 16.8 Å². The van der Waals surface area contributed by atoms with E-state index in [4.69, 9.17) is 0 Å². The standard InChI is InChI=1S/C27H26F3N3O2/c1-18(20-9-3-2-4-10-20)33-26(34)25(15-21-17-32-24-13-6-5-12-23(21)24)31-16-19-8-7-11-22(14-19)35-27(28,29)30/h2-14,17-18,25,31-32H,15-16H2,1H3,(H,33,34)/t18-,25+/m1/s1. The molecule has 0 saturated heterocycles. The lowest BCUT2D eigenvalue weighted by atomic mass is 10.0. The maximum atomic E-state index is 13.3. The molecule has 0 aliphatic rings. The number of amides is 1. The third-order valence-electron chi connectivity index (χ3n) is 5.76. The van der Waals surface area contributed by atoms with Crippen LogP contribution in [-0.4, -0.2) is 23.3 Å². The Labute approximate surface area is 201 Å². The molecule has 0 aliphatic heterocycles. The molecule has 3 N–H and O–H groups in total. The highest BCUT2D eigenvalue weighted by Gasteiger charge is 2.31. The monoisotopic (exact) mass is 481 g/mol. The molecule has 3 aromatic carbocycles. The van der Waals surface area contributed by atoms with E-state index in [1.54, 1.807) is 6.07 Å². The molecule has 182 valence electrons. The Balaban J connectivity index is 1.52. The third kappa shape index (κ3) is 6.64. The SMILES string of the molecule is C[C@@H](NC(=O)[C@H](Cc1c[nH]c2ccccc12)NCc1cccc(OC(F)(F)F)c1)c1ccccc1. The number of halogens is 3. The van der Waals surface area contributed by atoms with Crippen LogP contribution < -0.4 is 15.4 Å². The average molecular weight is 482 g/mol. The predicted molar refractivity (Wildman–Crippen MR) is 129 cm³/mol. The number of rotatable bonds is 9. The third-order valence-corrected chi connectivity index (χ3v) is 5.76. The summed E-state index contributed by atoms with van der Waals surface area (Å²) >= 11 is 0. The van der Waals surface area contributed by atoms with Gasteiger partial charge in [-0.05, 0) is 48.2 Å². The molecule has 0 unspecified atom stereocenters. The first kappa shape index (κ1) is 24.3. The zero-order valence-electron chi connectivity index (χ0n) is 19.1. The maximum Gasteiger partial charge on any atom is 0.573 e. The Morgan fingerprint density at radius 3 is 2.51 bits per heavy atom. The van der Waals surface area contributed by atoms with E-state index in [9.17, 15) is 18.0 Å². The Kier molecular flexibility index (Phi) is 7.41. The number of aromatic amines is 1. The van der Waals surface area contributed by atoms with Crippen molar-refractivity contribution in [2.24, 2.45) is 0 Å². The number of para-hydroxylation sites is 1. The van der Waals surface area contributed by atoms with E-state index in [-0.39, 0.29) is 24.2 Å². The number of H-pyrrole nitrogens is 1. The summed E-state index contributed by atoms with van der Waals surface area (Å²) < 4.78 is 41.8. The van der Waals surface area contributed by atoms with Gasteiger partial charge in [0.2, 0.25) is 5.91 Å². The topological polar surface area (TPSA) is 66.2 Å². The first-order chi connectivity index (χ1) is 16.8. The molecular weight excluding hydrogens is 455 g/mol. The molecule has 2 atom stereocenters. The second-order valence-electron chi connectivity index (χ2n) is 8.33. The summed E-state index contributed by atoms with van der Waals surface area (Å²) in [6.07, 6.45) is -2.49. The van der Waals surface area contributed by atoms with Gasteiger partial charge in [0.1, 0.15) is 5.75 Å². The normalized spacial score (nSPS) is 13.4. The summed E-state index contributed by atoms with van der Waals surface area (Å²) in [5.41, 5.74) is 3.48. The molecule has 0 spiro atoms. The number of fused-ring (bicyclic) bond motifs is 1. The minimum absolute atomic E-state index is 0.190. The van der Waals surface area contributed by atoms with Crippen LogP contribution in [0.5, 0.6) is 5.75 Å². The lowest BCUT2D eigenvalue weighted by molar-refractivity contribution is -0.274. The predicted octanol–water partition coefficient (Wildman–Crippen LogP) is 5.64. The summed E-state index contributed by atoms with van der Waals surface area (Å²) in [6.45, 7) is 2.10. The summed E-state index contributed by atoms with van der Waals surface area (Å²) in [6, 6.07) is 22.3. The molecule has 1 aromatic heterocycles. The molecule has 0 bridgehead atoms. The Hall–Kier alpha value is -3.78. The second-order valence-corrected chi connectivity index (χ2v) is 8.33. The van der Waals surface area contributed by atoms with Crippen molar-refractivity contribution in [2.45, 2.75) is 38.3 Å². The zero-order valence-corrected chi connectivity index (χ0v) is 19.1. The van der Waals surface area contributed by atoms with Crippen molar-refractivity contribution in [1.29, 1.82) is 0 Å². The van der Waals surface area contributed by atoms with Crippen molar-refractivity contribution in [1.82, 2.24) is 15.6 Å². The number of ether oxygens (including phenoxy) is 1. The lowest BCUT2D eigenvalue weighted by Crippen LogP contribution is -2.46. The zero-order chi connectivity index (χ0) is 24.8. The largest absolute Gasteiger partial charge is 0.573 e. The number of hydrogen-bond acceptors (Lipinski definition) is 3. The highest BCUT2D eigenvalue weighted by atomic mass is 19.4. The number of carbonyl (C=O) groups excluding carboxylic acids is 1. The van der Waals surface area contributed by atoms with E-state index in [0.29, 0.717) is 12.0 Å². The number of alkyl halides is 3. The van der Waals surface area contributed by atoms with Gasteiger partial charge in [-0.3, -0.25) is 4.79 Å². The second kappa shape index (κ2) is 10.7. The highest BCUT2D eigenvalue weighted by Crippen LogP contribution is 2.24. The summed E-state index contributed by atoms with van der Waals surface area (Å²) in [4.78, 5) is 16.5. The molecule has 5 nitrogen and oxygen atoms in total. The number of nitrogens with one attached hydrogen (secondary N) is 3. The van der Waals surface area contributed by atoms with Crippen molar-refractivity contribution in [3.05, 3.63) is 102 Å². The van der Waals surface area contributed by atoms with E-state index in [0.717, 1.165) is 22.0 Å². The molecule has 0 fully saturated rings. The quantitative estimate of drug-likeness (QED) is 0.290. The van der Waals surface area contributed by atoms with Crippen LogP contribution in [0.25, 0.3) is 10.9 Å². The van der Waals surface area contributed by atoms with Crippen LogP contribution in [0.1, 0.15) is 29.7 Å². The number of benzene rings is 3. The van der Waals surface area contributed by atoms with Crippen LogP contribution in [-0.2, 0) is 17.8 Å². The highest BCUT2D eigenvalue weighted by molar-refractivity contribution is 5.86. The molecule has 0 radical (unpaired) electrons. The molecule has 4 aromatic rings. The van der Waals surface area contributed by atoms with Crippen LogP contribution in [0.4, 0.5) is 13.2 Å². The molecule has 4 rings (SSSR count). The summed E-state index contributed by atoms with van der Waals surface area (Å²) in [5.74, 6) is -0.499. The molecule has 35 heavy (non-hydrogen) atoms. The summed E-state index contributed by atoms with van der Waals surface area (Å²) in [7, 11) is 0. The smallest absolute Gasteiger partial charge is 0.406 e. The fraction of sp³-hybridized carbons (Fsp3) is 0.222. The van der Waals surface area contributed by atoms with Gasteiger partial charge in [-0.2, -0.15) is 0 Å². The first-order valence-corrected chi connectivity index (χ1v) is 11.3. The van der Waals surface area contributed by atoms with E-state index < -0.39 is 12.4 Å². The van der Waals surface area contributed by atoms with Crippen LogP contribution in [0.2, 0.25) is 0 Å². The van der Waals surface area contributed by atoms with Gasteiger partial charge in [-0.1, -0.05) is 60.7 Å². The Morgan fingerprint density at radius 2 is 1.74 bits per heavy atom. The van der Waals surface area contributed by atoms with Crippen LogP contribution >= 0.6 is 0 Å². The van der Waals surface area contributed by atoms with Gasteiger partial charge in [0, 0.05) is 23.6 Å². The van der Waals surface area contributed by atoms with Crippen molar-refractivity contribution < 1.29 is 22.7 Å². The van der Waals surface area contributed by atoms with Gasteiger partial charge < -0.3 is 20.4 Å². The van der Waals surface area contributed by atoms with Gasteiger partial charge >= 0.3 is 6.36 Å². The number of aromatic nitrogens is 1. The Morgan fingerprint density at radius 1 is 1.00 bits per heavy atom. The van der Waals surface area contributed by atoms with Crippen molar-refractivity contribution in [3.8, 4) is 5.75 Å². The fourth-order valence-electron chi connectivity index (χ4n) is 4.01. The van der Waals surface area contributed by atoms with Crippen LogP contribution in [0.15, 0.2) is 85.1 Å². The van der Waals surface area contributed by atoms with E-state index in [1.165, 1.54) is 18.2 Å². The van der Waals surface area contributed by atoms with E-state index in [1.807, 2.05) is 67.7 Å². The number of carbonyl (C=O) groups is 1. The van der Waals surface area contributed by atoms with Gasteiger partial charge in [-0.15, -0.1) is 13.2 Å². The first-order valence-electron chi connectivity index (χ1n) is 11.3. The molecule has 1 amide bonds. The van der Waals surface area contributed by atoms with Crippen LogP contribution in [0, 0.1) is 0 Å². The van der Waals surface area contributed by atoms with Crippen molar-refractivity contribution in [3.63, 3.8) is 0 Å². The minimum Gasteiger partial charge on any atom is -0.406 e. The van der Waals surface area contributed by atoms with Gasteiger partial charge in [0.05, 0.1) is 12.1 Å². The molecule has 1 heterocycles. The minimum atomic E-state index is -4.77. The van der Waals surface area contributed by atoms with Gasteiger partial charge in [0.25, 0.3) is 0 Å². The molecular formula is C27H26F3N3O2. The van der Waals surface area contributed by atoms with Gasteiger partial charge in [-0.25, -0.2) is 0 Å². The molecule has 0 aliphatic carbocycles. The number of hydrogen-bond donors (Lipinski definition) is 3. The fourth-order valence-corrected chi connectivity index (χ4v) is 4.01.